The molecule has 1 N–H and O–H groups in total. The summed E-state index contributed by atoms with van der Waals surface area (Å²) in [6, 6.07) is 6.94. The summed E-state index contributed by atoms with van der Waals surface area (Å²) in [5.74, 6) is -2.10. The summed E-state index contributed by atoms with van der Waals surface area (Å²) < 4.78 is 5.11. The molecule has 26 heavy (non-hydrogen) atoms. The normalized spacial score (nSPS) is 18.4. The van der Waals surface area contributed by atoms with Crippen LogP contribution in [0.25, 0.3) is 0 Å². The Hall–Kier alpha value is -2.70. The van der Waals surface area contributed by atoms with Crippen LogP contribution in [0.3, 0.4) is 0 Å². The molecule has 0 spiro atoms. The van der Waals surface area contributed by atoms with E-state index in [0.717, 1.165) is 30.6 Å². The number of benzene rings is 1. The van der Waals surface area contributed by atoms with E-state index in [2.05, 4.69) is 5.32 Å². The fourth-order valence-electron chi connectivity index (χ4n) is 3.37. The molecule has 1 saturated carbocycles. The number of nitrogens with zero attached hydrogens (tertiary/aromatic N) is 1. The fourth-order valence-corrected chi connectivity index (χ4v) is 3.37. The topological polar surface area (TPSA) is 92.8 Å². The molecular formula is C19H22N2O5. The number of carbonyl (C=O) groups is 4. The smallest absolute Gasteiger partial charge is 0.326 e. The molecule has 1 aromatic rings. The van der Waals surface area contributed by atoms with Crippen LogP contribution in [0.15, 0.2) is 24.3 Å². The van der Waals surface area contributed by atoms with E-state index in [-0.39, 0.29) is 18.4 Å². The Morgan fingerprint density at radius 1 is 1.23 bits per heavy atom. The first kappa shape index (κ1) is 18.1. The molecule has 0 saturated heterocycles. The molecule has 0 bridgehead atoms. The fraction of sp³-hybridized carbons (Fsp3) is 0.474. The van der Waals surface area contributed by atoms with E-state index >= 15 is 0 Å². The molecule has 1 aromatic carbocycles. The van der Waals surface area contributed by atoms with E-state index in [1.807, 2.05) is 0 Å². The van der Waals surface area contributed by atoms with Gasteiger partial charge in [-0.1, -0.05) is 31.0 Å². The van der Waals surface area contributed by atoms with Crippen molar-refractivity contribution < 1.29 is 23.9 Å². The van der Waals surface area contributed by atoms with Gasteiger partial charge in [0.05, 0.1) is 6.42 Å². The Balaban J connectivity index is 1.56. The molecular weight excluding hydrogens is 336 g/mol. The van der Waals surface area contributed by atoms with Crippen molar-refractivity contribution in [3.63, 3.8) is 0 Å². The maximum Gasteiger partial charge on any atom is 0.326 e. The number of esters is 1. The third-order valence-corrected chi connectivity index (χ3v) is 4.80. The maximum atomic E-state index is 12.4. The molecule has 3 amide bonds. The van der Waals surface area contributed by atoms with Gasteiger partial charge < -0.3 is 10.1 Å². The van der Waals surface area contributed by atoms with Crippen LogP contribution in [-0.4, -0.2) is 47.3 Å². The highest BCUT2D eigenvalue weighted by atomic mass is 16.5. The van der Waals surface area contributed by atoms with E-state index in [9.17, 15) is 19.2 Å². The Kier molecular flexibility index (Phi) is 5.35. The number of hydrogen-bond donors (Lipinski definition) is 1. The monoisotopic (exact) mass is 358 g/mol. The standard InChI is InChI=1S/C19H22N2O5/c1-12(18(24)20-14-7-3-4-8-14)26-17(23)11-21-16(22)10-13-6-2-5-9-15(13)19(21)25/h2,5-6,9,12,14H,3-4,7-8,10-11H2,1H3,(H,20,24)/t12-/m1/s1. The van der Waals surface area contributed by atoms with E-state index in [1.165, 1.54) is 6.92 Å². The first-order chi connectivity index (χ1) is 12.5. The Morgan fingerprint density at radius 2 is 1.92 bits per heavy atom. The van der Waals surface area contributed by atoms with Crippen LogP contribution in [0.5, 0.6) is 0 Å². The summed E-state index contributed by atoms with van der Waals surface area (Å²) in [7, 11) is 0. The number of hydrogen-bond acceptors (Lipinski definition) is 5. The summed E-state index contributed by atoms with van der Waals surface area (Å²) >= 11 is 0. The SMILES string of the molecule is C[C@@H](OC(=O)CN1C(=O)Cc2ccccc2C1=O)C(=O)NC1CCCC1. The highest BCUT2D eigenvalue weighted by molar-refractivity contribution is 6.11. The molecule has 1 aliphatic carbocycles. The molecule has 1 aliphatic heterocycles. The van der Waals surface area contributed by atoms with Gasteiger partial charge in [0.2, 0.25) is 5.91 Å². The van der Waals surface area contributed by atoms with Crippen molar-refractivity contribution in [3.05, 3.63) is 35.4 Å². The third kappa shape index (κ3) is 3.92. The van der Waals surface area contributed by atoms with Crippen LogP contribution in [0.4, 0.5) is 0 Å². The number of nitrogens with one attached hydrogen (secondary N) is 1. The van der Waals surface area contributed by atoms with Gasteiger partial charge in [-0.15, -0.1) is 0 Å². The van der Waals surface area contributed by atoms with Gasteiger partial charge in [0.1, 0.15) is 6.54 Å². The van der Waals surface area contributed by atoms with Crippen molar-refractivity contribution in [1.29, 1.82) is 0 Å². The molecule has 0 aromatic heterocycles. The van der Waals surface area contributed by atoms with Gasteiger partial charge in [-0.3, -0.25) is 24.1 Å². The van der Waals surface area contributed by atoms with Crippen molar-refractivity contribution in [2.45, 2.75) is 51.2 Å². The average molecular weight is 358 g/mol. The molecule has 7 nitrogen and oxygen atoms in total. The minimum absolute atomic E-state index is 0.0624. The van der Waals surface area contributed by atoms with Crippen molar-refractivity contribution in [2.75, 3.05) is 6.54 Å². The predicted molar refractivity (Wildman–Crippen MR) is 92.1 cm³/mol. The van der Waals surface area contributed by atoms with Gasteiger partial charge in [0, 0.05) is 11.6 Å². The molecule has 1 fully saturated rings. The lowest BCUT2D eigenvalue weighted by molar-refractivity contribution is -0.157. The average Bonchev–Trinajstić information content (AvgIpc) is 3.11. The summed E-state index contributed by atoms with van der Waals surface area (Å²) in [5, 5.41) is 2.85. The summed E-state index contributed by atoms with van der Waals surface area (Å²) in [4.78, 5) is 49.7. The molecule has 1 heterocycles. The lowest BCUT2D eigenvalue weighted by Crippen LogP contribution is -2.47. The number of imide groups is 1. The van der Waals surface area contributed by atoms with Crippen LogP contribution in [0.1, 0.15) is 48.5 Å². The second-order valence-corrected chi connectivity index (χ2v) is 6.74. The number of carbonyl (C=O) groups excluding carboxylic acids is 4. The zero-order valence-corrected chi connectivity index (χ0v) is 14.7. The molecule has 138 valence electrons. The second-order valence-electron chi connectivity index (χ2n) is 6.74. The van der Waals surface area contributed by atoms with Crippen LogP contribution in [0, 0.1) is 0 Å². The molecule has 3 rings (SSSR count). The second kappa shape index (κ2) is 7.68. The van der Waals surface area contributed by atoms with Crippen LogP contribution in [0.2, 0.25) is 0 Å². The van der Waals surface area contributed by atoms with E-state index < -0.39 is 30.4 Å². The summed E-state index contributed by atoms with van der Waals surface area (Å²) in [6.45, 7) is 0.990. The van der Waals surface area contributed by atoms with Crippen LogP contribution in [-0.2, 0) is 25.5 Å². The maximum absolute atomic E-state index is 12.4. The summed E-state index contributed by atoms with van der Waals surface area (Å²) in [6.07, 6.45) is 3.13. The Bertz CT molecular complexity index is 739. The van der Waals surface area contributed by atoms with Crippen molar-refractivity contribution >= 4 is 23.7 Å². The largest absolute Gasteiger partial charge is 0.451 e. The number of amides is 3. The first-order valence-corrected chi connectivity index (χ1v) is 8.88. The zero-order chi connectivity index (χ0) is 18.7. The minimum atomic E-state index is -0.967. The Labute approximate surface area is 151 Å². The highest BCUT2D eigenvalue weighted by Gasteiger charge is 2.33. The molecule has 7 heteroatoms. The Morgan fingerprint density at radius 3 is 2.65 bits per heavy atom. The van der Waals surface area contributed by atoms with E-state index in [1.54, 1.807) is 24.3 Å². The van der Waals surface area contributed by atoms with Crippen molar-refractivity contribution in [2.24, 2.45) is 0 Å². The number of rotatable bonds is 5. The lowest BCUT2D eigenvalue weighted by Gasteiger charge is -2.26. The number of fused-ring (bicyclic) bond motifs is 1. The van der Waals surface area contributed by atoms with Gasteiger partial charge in [0.15, 0.2) is 6.10 Å². The van der Waals surface area contributed by atoms with Gasteiger partial charge in [0.25, 0.3) is 11.8 Å². The third-order valence-electron chi connectivity index (χ3n) is 4.80. The predicted octanol–water partition coefficient (Wildman–Crippen LogP) is 1.20. The quantitative estimate of drug-likeness (QED) is 0.631. The van der Waals surface area contributed by atoms with Gasteiger partial charge in [-0.25, -0.2) is 0 Å². The van der Waals surface area contributed by atoms with Crippen LogP contribution >= 0.6 is 0 Å². The van der Waals surface area contributed by atoms with Crippen LogP contribution < -0.4 is 5.32 Å². The van der Waals surface area contributed by atoms with Gasteiger partial charge in [-0.2, -0.15) is 0 Å². The lowest BCUT2D eigenvalue weighted by atomic mass is 9.98. The van der Waals surface area contributed by atoms with Gasteiger partial charge in [-0.05, 0) is 31.4 Å². The molecule has 0 radical (unpaired) electrons. The van der Waals surface area contributed by atoms with Crippen molar-refractivity contribution in [1.82, 2.24) is 10.2 Å². The summed E-state index contributed by atoms with van der Waals surface area (Å²) in [5.41, 5.74) is 1.06. The van der Waals surface area contributed by atoms with E-state index in [4.69, 9.17) is 4.74 Å². The molecule has 0 unspecified atom stereocenters. The van der Waals surface area contributed by atoms with Gasteiger partial charge >= 0.3 is 5.97 Å². The first-order valence-electron chi connectivity index (χ1n) is 8.88. The zero-order valence-electron chi connectivity index (χ0n) is 14.7. The molecule has 2 aliphatic rings. The minimum Gasteiger partial charge on any atom is -0.451 e. The van der Waals surface area contributed by atoms with E-state index in [0.29, 0.717) is 11.1 Å². The highest BCUT2D eigenvalue weighted by Crippen LogP contribution is 2.20. The number of ether oxygens (including phenoxy) is 1. The van der Waals surface area contributed by atoms with Crippen molar-refractivity contribution in [3.8, 4) is 0 Å². The molecule has 1 atom stereocenters.